The van der Waals surface area contributed by atoms with Gasteiger partial charge in [-0.15, -0.1) is 0 Å². The van der Waals surface area contributed by atoms with Crippen molar-refractivity contribution in [2.24, 2.45) is 0 Å². The molecule has 216 valence electrons. The summed E-state index contributed by atoms with van der Waals surface area (Å²) >= 11 is 5.79. The molecule has 2 aromatic heterocycles. The molecule has 0 spiro atoms. The average Bonchev–Trinajstić information content (AvgIpc) is 3.49. The zero-order chi connectivity index (χ0) is 27.6. The number of carboxylic acids is 1. The molecule has 0 saturated carbocycles. The first kappa shape index (κ1) is 29.1. The highest BCUT2D eigenvalue weighted by atomic mass is 35.5. The molecule has 0 bridgehead atoms. The molecule has 2 aromatic carbocycles. The van der Waals surface area contributed by atoms with Gasteiger partial charge < -0.3 is 23.9 Å². The minimum Gasteiger partial charge on any atom is -0.483 e. The molecule has 13 heteroatoms. The van der Waals surface area contributed by atoms with Crippen LogP contribution >= 0.6 is 25.1 Å². The van der Waals surface area contributed by atoms with Crippen LogP contribution in [0.2, 0.25) is 5.02 Å². The minimum absolute atomic E-state index is 0. The van der Waals surface area contributed by atoms with Crippen molar-refractivity contribution >= 4 is 42.1 Å². The van der Waals surface area contributed by atoms with E-state index in [9.17, 15) is 14.3 Å². The summed E-state index contributed by atoms with van der Waals surface area (Å²) in [5.74, 6) is 0.209. The normalized spacial score (nSPS) is 18.6. The van der Waals surface area contributed by atoms with Gasteiger partial charge >= 0.3 is 5.97 Å². The first-order chi connectivity index (χ1) is 19.4. The molecule has 2 fully saturated rings. The lowest BCUT2D eigenvalue weighted by Crippen LogP contribution is -2.33. The molecule has 1 unspecified atom stereocenters. The second kappa shape index (κ2) is 12.6. The molecule has 2 atom stereocenters. The van der Waals surface area contributed by atoms with E-state index >= 15 is 0 Å². The second-order valence-electron chi connectivity index (χ2n) is 9.87. The lowest BCUT2D eigenvalue weighted by Gasteiger charge is -2.28. The van der Waals surface area contributed by atoms with Crippen LogP contribution in [0, 0.1) is 5.82 Å². The third-order valence-corrected chi connectivity index (χ3v) is 7.30. The number of benzene rings is 2. The molecule has 4 aromatic rings. The fourth-order valence-electron chi connectivity index (χ4n) is 4.92. The van der Waals surface area contributed by atoms with Crippen molar-refractivity contribution in [2.75, 3.05) is 19.7 Å². The number of imidazole rings is 1. The van der Waals surface area contributed by atoms with Crippen LogP contribution in [0.3, 0.4) is 0 Å². The summed E-state index contributed by atoms with van der Waals surface area (Å²) < 4.78 is 33.4. The van der Waals surface area contributed by atoms with Crippen LogP contribution in [-0.4, -0.2) is 67.4 Å². The number of carbonyl (C=O) groups is 1. The third-order valence-electron chi connectivity index (χ3n) is 7.07. The van der Waals surface area contributed by atoms with Crippen LogP contribution in [0.4, 0.5) is 4.39 Å². The molecule has 4 heterocycles. The number of hydrogen-bond acceptors (Lipinski definition) is 8. The van der Waals surface area contributed by atoms with Gasteiger partial charge in [-0.05, 0) is 49.2 Å². The lowest BCUT2D eigenvalue weighted by molar-refractivity contribution is -0.0591. The van der Waals surface area contributed by atoms with Gasteiger partial charge in [-0.2, -0.15) is 18.5 Å². The van der Waals surface area contributed by atoms with Crippen molar-refractivity contribution in [2.45, 2.75) is 44.7 Å². The van der Waals surface area contributed by atoms with E-state index in [0.717, 1.165) is 42.9 Å². The summed E-state index contributed by atoms with van der Waals surface area (Å²) in [7, 11) is 0. The monoisotopic (exact) mass is 601 g/mol. The van der Waals surface area contributed by atoms with E-state index < -0.39 is 11.8 Å². The Bertz CT molecular complexity index is 1550. The highest BCUT2D eigenvalue weighted by Crippen LogP contribution is 2.26. The molecule has 2 saturated heterocycles. The molecule has 41 heavy (non-hydrogen) atoms. The topological polar surface area (TPSA) is 112 Å². The van der Waals surface area contributed by atoms with Crippen LogP contribution in [0.15, 0.2) is 48.7 Å². The van der Waals surface area contributed by atoms with E-state index in [1.165, 1.54) is 12.1 Å². The summed E-state index contributed by atoms with van der Waals surface area (Å²) in [6.07, 6.45) is 3.39. The van der Waals surface area contributed by atoms with Crippen LogP contribution in [-0.2, 0) is 24.4 Å². The van der Waals surface area contributed by atoms with Gasteiger partial charge in [0.25, 0.3) is 0 Å². The molecular weight excluding hydrogens is 573 g/mol. The van der Waals surface area contributed by atoms with Gasteiger partial charge in [0.15, 0.2) is 17.4 Å². The summed E-state index contributed by atoms with van der Waals surface area (Å²) in [4.78, 5) is 27.3. The number of halogens is 2. The summed E-state index contributed by atoms with van der Waals surface area (Å²) in [6.45, 7) is 3.44. The Kier molecular flexibility index (Phi) is 8.93. The largest absolute Gasteiger partial charge is 0.483 e. The Morgan fingerprint density at radius 2 is 2.02 bits per heavy atom. The van der Waals surface area contributed by atoms with Crippen molar-refractivity contribution in [3.63, 3.8) is 0 Å². The standard InChI is InChI=1S/C28H27ClFN5O5.H2S/c29-18-2-4-24(21(30)12-18)39-16-25-31-8-5-27(33-25)40-20-6-9-34(13-20)15-26-32-22-3-1-17(28(36)37)11-23(22)35(26)14-19-7-10-38-19;/h1-5,8,11-12,19-20H,6-7,9-10,13-16H2,(H,36,37);1H2/t19?,20-;/m0./s1. The SMILES string of the molecule is O=C(O)c1ccc2nc(CN3CC[C@H](Oc4ccnc(COc5ccc(Cl)cc5F)n4)C3)n(CC3CCO3)c2c1.S. The molecular formula is C28H29ClFN5O5S. The van der Waals surface area contributed by atoms with E-state index in [1.807, 2.05) is 0 Å². The van der Waals surface area contributed by atoms with Crippen molar-refractivity contribution in [3.05, 3.63) is 76.7 Å². The van der Waals surface area contributed by atoms with E-state index in [4.69, 9.17) is 30.8 Å². The fourth-order valence-corrected chi connectivity index (χ4v) is 5.08. The highest BCUT2D eigenvalue weighted by Gasteiger charge is 2.28. The number of aromatic carboxylic acids is 1. The lowest BCUT2D eigenvalue weighted by atomic mass is 10.1. The predicted molar refractivity (Wildman–Crippen MR) is 154 cm³/mol. The van der Waals surface area contributed by atoms with E-state index in [-0.39, 0.29) is 43.6 Å². The zero-order valence-corrected chi connectivity index (χ0v) is 23.8. The molecule has 0 aliphatic carbocycles. The number of hydrogen-bond donors (Lipinski definition) is 1. The number of rotatable bonds is 10. The average molecular weight is 602 g/mol. The quantitative estimate of drug-likeness (QED) is 0.282. The smallest absolute Gasteiger partial charge is 0.335 e. The van der Waals surface area contributed by atoms with Gasteiger partial charge in [-0.25, -0.2) is 19.2 Å². The first-order valence-electron chi connectivity index (χ1n) is 13.0. The molecule has 0 amide bonds. The predicted octanol–water partition coefficient (Wildman–Crippen LogP) is 4.45. The Morgan fingerprint density at radius 3 is 2.78 bits per heavy atom. The van der Waals surface area contributed by atoms with Crippen LogP contribution < -0.4 is 9.47 Å². The maximum Gasteiger partial charge on any atom is 0.335 e. The third kappa shape index (κ3) is 6.72. The van der Waals surface area contributed by atoms with Crippen molar-refractivity contribution in [1.82, 2.24) is 24.4 Å². The maximum atomic E-state index is 14.0. The van der Waals surface area contributed by atoms with E-state index in [2.05, 4.69) is 19.4 Å². The number of nitrogens with zero attached hydrogens (tertiary/aromatic N) is 5. The van der Waals surface area contributed by atoms with E-state index in [1.54, 1.807) is 36.5 Å². The molecule has 0 radical (unpaired) electrons. The molecule has 2 aliphatic rings. The second-order valence-corrected chi connectivity index (χ2v) is 10.3. The molecule has 1 N–H and O–H groups in total. The number of ether oxygens (including phenoxy) is 3. The summed E-state index contributed by atoms with van der Waals surface area (Å²) in [5.41, 5.74) is 1.80. The molecule has 10 nitrogen and oxygen atoms in total. The number of likely N-dealkylation sites (tertiary alicyclic amines) is 1. The maximum absolute atomic E-state index is 14.0. The van der Waals surface area contributed by atoms with Crippen LogP contribution in [0.5, 0.6) is 11.6 Å². The van der Waals surface area contributed by atoms with Gasteiger partial charge in [0, 0.05) is 37.0 Å². The van der Waals surface area contributed by atoms with Crippen molar-refractivity contribution in [1.29, 1.82) is 0 Å². The van der Waals surface area contributed by atoms with E-state index in [0.29, 0.717) is 36.4 Å². The summed E-state index contributed by atoms with van der Waals surface area (Å²) in [5, 5.41) is 9.76. The number of aromatic nitrogens is 4. The van der Waals surface area contributed by atoms with Gasteiger partial charge in [-0.3, -0.25) is 4.90 Å². The highest BCUT2D eigenvalue weighted by molar-refractivity contribution is 7.59. The van der Waals surface area contributed by atoms with Gasteiger partial charge in [0.2, 0.25) is 5.88 Å². The van der Waals surface area contributed by atoms with Gasteiger partial charge in [-0.1, -0.05) is 11.6 Å². The fraction of sp³-hybridized carbons (Fsp3) is 0.357. The van der Waals surface area contributed by atoms with Crippen molar-refractivity contribution < 1.29 is 28.5 Å². The molecule has 6 rings (SSSR count). The van der Waals surface area contributed by atoms with Crippen LogP contribution in [0.1, 0.15) is 34.8 Å². The van der Waals surface area contributed by atoms with Gasteiger partial charge in [0.1, 0.15) is 18.5 Å². The first-order valence-corrected chi connectivity index (χ1v) is 13.4. The molecule has 2 aliphatic heterocycles. The van der Waals surface area contributed by atoms with Crippen molar-refractivity contribution in [3.8, 4) is 11.6 Å². The number of carboxylic acid groups (broad SMARTS) is 1. The Balaban J connectivity index is 0.00000337. The summed E-state index contributed by atoms with van der Waals surface area (Å²) in [6, 6.07) is 10.9. The number of fused-ring (bicyclic) bond motifs is 1. The van der Waals surface area contributed by atoms with Crippen LogP contribution in [0.25, 0.3) is 11.0 Å². The minimum atomic E-state index is -0.966. The Labute approximate surface area is 247 Å². The van der Waals surface area contributed by atoms with Gasteiger partial charge in [0.05, 0.1) is 35.8 Å². The zero-order valence-electron chi connectivity index (χ0n) is 22.0. The Morgan fingerprint density at radius 1 is 1.17 bits per heavy atom. The Hall–Kier alpha value is -3.45.